The minimum Gasteiger partial charge on any atom is -0.370 e. The number of nitrogens with one attached hydrogen (secondary N) is 2. The van der Waals surface area contributed by atoms with E-state index in [0.29, 0.717) is 11.7 Å². The van der Waals surface area contributed by atoms with E-state index in [-0.39, 0.29) is 5.96 Å². The maximum absolute atomic E-state index is 7.57. The lowest BCUT2D eigenvalue weighted by Crippen LogP contribution is -2.46. The topological polar surface area (TPSA) is 78.0 Å². The first kappa shape index (κ1) is 14.4. The molecule has 0 saturated carbocycles. The van der Waals surface area contributed by atoms with E-state index >= 15 is 0 Å². The fraction of sp³-hybridized carbons (Fsp3) is 0.417. The van der Waals surface area contributed by atoms with Gasteiger partial charge in [0.15, 0.2) is 11.1 Å². The molecule has 0 aliphatic rings. The van der Waals surface area contributed by atoms with Crippen LogP contribution in [0.15, 0.2) is 24.5 Å². The van der Waals surface area contributed by atoms with E-state index in [9.17, 15) is 0 Å². The summed E-state index contributed by atoms with van der Waals surface area (Å²) in [6.07, 6.45) is 5.56. The van der Waals surface area contributed by atoms with E-state index in [4.69, 9.17) is 23.4 Å². The number of hydrogen-bond acceptors (Lipinski definition) is 3. The molecule has 0 bridgehead atoms. The molecule has 0 aliphatic carbocycles. The van der Waals surface area contributed by atoms with Gasteiger partial charge in [0, 0.05) is 18.9 Å². The van der Waals surface area contributed by atoms with Crippen molar-refractivity contribution in [2.45, 2.75) is 26.3 Å². The van der Waals surface area contributed by atoms with Gasteiger partial charge in [0.1, 0.15) is 0 Å². The number of thiocarbonyl (C=S) groups is 1. The molecule has 6 heteroatoms. The molecule has 0 aromatic carbocycles. The van der Waals surface area contributed by atoms with Crippen LogP contribution in [0.3, 0.4) is 0 Å². The second-order valence-corrected chi connectivity index (χ2v) is 4.30. The van der Waals surface area contributed by atoms with Crippen molar-refractivity contribution in [2.75, 3.05) is 6.54 Å². The summed E-state index contributed by atoms with van der Waals surface area (Å²) in [5.41, 5.74) is 6.57. The third kappa shape index (κ3) is 4.67. The van der Waals surface area contributed by atoms with Crippen LogP contribution in [0, 0.1) is 5.41 Å². The highest BCUT2D eigenvalue weighted by molar-refractivity contribution is 7.80. The van der Waals surface area contributed by atoms with E-state index in [1.807, 2.05) is 12.1 Å². The zero-order valence-corrected chi connectivity index (χ0v) is 11.3. The highest BCUT2D eigenvalue weighted by atomic mass is 32.1. The summed E-state index contributed by atoms with van der Waals surface area (Å²) in [7, 11) is 0. The van der Waals surface area contributed by atoms with E-state index < -0.39 is 0 Å². The smallest absolute Gasteiger partial charge is 0.195 e. The number of pyridine rings is 1. The minimum atomic E-state index is -0.0548. The molecule has 0 radical (unpaired) electrons. The number of rotatable bonds is 5. The lowest BCUT2D eigenvalue weighted by atomic mass is 10.2. The minimum absolute atomic E-state index is 0.0548. The van der Waals surface area contributed by atoms with Crippen LogP contribution in [0.5, 0.6) is 0 Å². The number of nitrogens with two attached hydrogens (primary N) is 1. The summed E-state index contributed by atoms with van der Waals surface area (Å²) in [5.74, 6) is -0.0548. The van der Waals surface area contributed by atoms with E-state index in [1.54, 1.807) is 17.3 Å². The number of guanidine groups is 1. The Hall–Kier alpha value is -1.69. The Morgan fingerprint density at radius 3 is 2.72 bits per heavy atom. The third-order valence-electron chi connectivity index (χ3n) is 2.43. The summed E-state index contributed by atoms with van der Waals surface area (Å²) >= 11 is 5.24. The van der Waals surface area contributed by atoms with Crippen LogP contribution in [-0.2, 0) is 6.54 Å². The third-order valence-corrected chi connectivity index (χ3v) is 2.80. The predicted molar refractivity (Wildman–Crippen MR) is 77.2 cm³/mol. The van der Waals surface area contributed by atoms with Crippen LogP contribution in [-0.4, -0.2) is 27.5 Å². The fourth-order valence-corrected chi connectivity index (χ4v) is 1.67. The molecular weight excluding hydrogens is 246 g/mol. The van der Waals surface area contributed by atoms with Gasteiger partial charge in [-0.15, -0.1) is 0 Å². The molecule has 18 heavy (non-hydrogen) atoms. The first-order chi connectivity index (χ1) is 8.65. The van der Waals surface area contributed by atoms with Crippen molar-refractivity contribution < 1.29 is 0 Å². The number of unbranched alkanes of at least 4 members (excludes halogenated alkanes) is 1. The largest absolute Gasteiger partial charge is 0.370 e. The van der Waals surface area contributed by atoms with Crippen LogP contribution in [0.1, 0.15) is 25.3 Å². The molecule has 1 aromatic rings. The maximum atomic E-state index is 7.57. The van der Waals surface area contributed by atoms with Crippen molar-refractivity contribution >= 4 is 23.3 Å². The van der Waals surface area contributed by atoms with Crippen molar-refractivity contribution in [1.82, 2.24) is 15.2 Å². The Bertz CT molecular complexity index is 393. The average molecular weight is 265 g/mol. The molecule has 0 atom stereocenters. The molecule has 98 valence electrons. The molecule has 0 fully saturated rings. The Balaban J connectivity index is 2.60. The normalized spacial score (nSPS) is 9.83. The van der Waals surface area contributed by atoms with Crippen LogP contribution in [0.4, 0.5) is 0 Å². The van der Waals surface area contributed by atoms with E-state index in [2.05, 4.69) is 17.2 Å². The van der Waals surface area contributed by atoms with Gasteiger partial charge in [0.2, 0.25) is 0 Å². The molecule has 0 amide bonds. The Labute approximate surface area is 113 Å². The molecular formula is C12H19N5S. The number of hydrogen-bond donors (Lipinski definition) is 3. The second kappa shape index (κ2) is 7.60. The zero-order chi connectivity index (χ0) is 13.4. The number of aromatic nitrogens is 1. The summed E-state index contributed by atoms with van der Waals surface area (Å²) in [5, 5.41) is 11.2. The average Bonchev–Trinajstić information content (AvgIpc) is 2.37. The lowest BCUT2D eigenvalue weighted by Gasteiger charge is -2.23. The van der Waals surface area contributed by atoms with Crippen LogP contribution in [0.2, 0.25) is 0 Å². The summed E-state index contributed by atoms with van der Waals surface area (Å²) in [4.78, 5) is 5.52. The first-order valence-electron chi connectivity index (χ1n) is 5.93. The molecule has 1 heterocycles. The highest BCUT2D eigenvalue weighted by Gasteiger charge is 2.12. The second-order valence-electron chi connectivity index (χ2n) is 3.91. The van der Waals surface area contributed by atoms with Crippen LogP contribution >= 0.6 is 12.2 Å². The summed E-state index contributed by atoms with van der Waals surface area (Å²) in [6, 6.07) is 3.76. The fourth-order valence-electron chi connectivity index (χ4n) is 1.40. The van der Waals surface area contributed by atoms with Gasteiger partial charge in [-0.25, -0.2) is 0 Å². The maximum Gasteiger partial charge on any atom is 0.195 e. The molecule has 5 nitrogen and oxygen atoms in total. The van der Waals surface area contributed by atoms with Gasteiger partial charge >= 0.3 is 0 Å². The van der Waals surface area contributed by atoms with Gasteiger partial charge in [-0.1, -0.05) is 13.3 Å². The first-order valence-corrected chi connectivity index (χ1v) is 6.34. The van der Waals surface area contributed by atoms with Gasteiger partial charge in [0.05, 0.1) is 6.54 Å². The zero-order valence-electron chi connectivity index (χ0n) is 10.5. The van der Waals surface area contributed by atoms with Gasteiger partial charge in [0.25, 0.3) is 0 Å². The Morgan fingerprint density at radius 2 is 2.17 bits per heavy atom. The quantitative estimate of drug-likeness (QED) is 0.325. The van der Waals surface area contributed by atoms with Crippen molar-refractivity contribution in [3.8, 4) is 0 Å². The van der Waals surface area contributed by atoms with Crippen molar-refractivity contribution in [1.29, 1.82) is 5.41 Å². The van der Waals surface area contributed by atoms with Crippen molar-refractivity contribution in [3.63, 3.8) is 0 Å². The lowest BCUT2D eigenvalue weighted by molar-refractivity contribution is 0.571. The van der Waals surface area contributed by atoms with Crippen LogP contribution in [0.25, 0.3) is 0 Å². The van der Waals surface area contributed by atoms with E-state index in [1.165, 1.54) is 0 Å². The molecule has 1 aromatic heterocycles. The van der Waals surface area contributed by atoms with Gasteiger partial charge in [-0.05, 0) is 36.3 Å². The summed E-state index contributed by atoms with van der Waals surface area (Å²) in [6.45, 7) is 3.40. The monoisotopic (exact) mass is 265 g/mol. The SMILES string of the molecule is CCCCNC(=S)N(Cc1ccncc1)C(=N)N. The Kier molecular flexibility index (Phi) is 6.07. The van der Waals surface area contributed by atoms with Crippen molar-refractivity contribution in [2.24, 2.45) is 5.73 Å². The van der Waals surface area contributed by atoms with Crippen molar-refractivity contribution in [3.05, 3.63) is 30.1 Å². The number of nitrogens with zero attached hydrogens (tertiary/aromatic N) is 2. The Morgan fingerprint density at radius 1 is 1.50 bits per heavy atom. The molecule has 0 spiro atoms. The predicted octanol–water partition coefficient (Wildman–Crippen LogP) is 1.45. The molecule has 1 rings (SSSR count). The van der Waals surface area contributed by atoms with Crippen LogP contribution < -0.4 is 11.1 Å². The standard InChI is InChI=1S/C12H19N5S/c1-2-3-6-16-12(18)17(11(13)14)9-10-4-7-15-8-5-10/h4-5,7-8H,2-3,6,9H2,1H3,(H3,13,14)(H,16,18). The molecule has 0 unspecified atom stereocenters. The van der Waals surface area contributed by atoms with Gasteiger partial charge in [-0.2, -0.15) is 0 Å². The molecule has 4 N–H and O–H groups in total. The van der Waals surface area contributed by atoms with Gasteiger partial charge < -0.3 is 11.1 Å². The van der Waals surface area contributed by atoms with E-state index in [0.717, 1.165) is 24.9 Å². The molecule has 0 saturated heterocycles. The summed E-state index contributed by atoms with van der Waals surface area (Å²) < 4.78 is 0. The van der Waals surface area contributed by atoms with Gasteiger partial charge in [-0.3, -0.25) is 15.3 Å². The molecule has 0 aliphatic heterocycles. The highest BCUT2D eigenvalue weighted by Crippen LogP contribution is 2.03.